The fraction of sp³-hybridized carbons (Fsp3) is 0.558. The number of benzene rings is 5. The lowest BCUT2D eigenvalue weighted by molar-refractivity contribution is 0.199. The van der Waals surface area contributed by atoms with Crippen LogP contribution in [0.3, 0.4) is 0 Å². The summed E-state index contributed by atoms with van der Waals surface area (Å²) in [4.78, 5) is 40.9. The second kappa shape index (κ2) is 37.6. The van der Waals surface area contributed by atoms with E-state index in [-0.39, 0.29) is 11.1 Å². The van der Waals surface area contributed by atoms with Gasteiger partial charge < -0.3 is 38.4 Å². The van der Waals surface area contributed by atoms with E-state index in [0.29, 0.717) is 167 Å². The molecule has 0 radical (unpaired) electrons. The number of rotatable bonds is 42. The van der Waals surface area contributed by atoms with Crippen molar-refractivity contribution in [1.29, 1.82) is 10.5 Å². The van der Waals surface area contributed by atoms with E-state index in [1.165, 1.54) is 0 Å². The molecule has 16 heteroatoms. The summed E-state index contributed by atoms with van der Waals surface area (Å²) in [5.74, 6) is 7.52. The van der Waals surface area contributed by atoms with Gasteiger partial charge in [0.25, 0.3) is 0 Å². The molecule has 8 aromatic rings. The average Bonchev–Trinajstić information content (AvgIpc) is 1.58. The number of ether oxygens (including phenoxy) is 6. The predicted molar refractivity (Wildman–Crippen MR) is 416 cm³/mol. The summed E-state index contributed by atoms with van der Waals surface area (Å²) in [5.41, 5.74) is 5.40. The summed E-state index contributed by atoms with van der Waals surface area (Å²) < 4.78 is 42.1. The van der Waals surface area contributed by atoms with Crippen LogP contribution < -0.4 is 28.4 Å². The Labute approximate surface area is 606 Å². The lowest BCUT2D eigenvalue weighted by atomic mass is 10.00. The molecule has 0 saturated carbocycles. The number of hydrogen-bond acceptors (Lipinski definition) is 14. The van der Waals surface area contributed by atoms with Crippen LogP contribution in [-0.2, 0) is 0 Å². The minimum atomic E-state index is 0.281. The maximum atomic E-state index is 10.4. The van der Waals surface area contributed by atoms with E-state index < -0.39 is 0 Å². The van der Waals surface area contributed by atoms with Gasteiger partial charge in [-0.1, -0.05) is 199 Å². The van der Waals surface area contributed by atoms with Crippen LogP contribution in [-0.4, -0.2) is 79.5 Å². The number of aromatic amines is 2. The summed E-state index contributed by atoms with van der Waals surface area (Å²) in [5, 5.41) is 25.2. The molecule has 6 unspecified atom stereocenters. The third-order valence-electron chi connectivity index (χ3n) is 21.5. The van der Waals surface area contributed by atoms with Gasteiger partial charge >= 0.3 is 0 Å². The number of nitrogens with one attached hydrogen (secondary N) is 2. The van der Waals surface area contributed by atoms with Gasteiger partial charge in [0.05, 0.1) is 50.8 Å². The molecule has 0 fully saturated rings. The van der Waals surface area contributed by atoms with Crippen LogP contribution in [0.4, 0.5) is 0 Å². The maximum Gasteiger partial charge on any atom is 0.164 e. The molecule has 0 saturated heterocycles. The van der Waals surface area contributed by atoms with Crippen LogP contribution in [0.1, 0.15) is 248 Å². The Morgan fingerprint density at radius 3 is 0.716 bits per heavy atom. The van der Waals surface area contributed by atoms with E-state index in [1.807, 2.05) is 24.3 Å². The van der Waals surface area contributed by atoms with Crippen LogP contribution in [0.5, 0.6) is 34.5 Å². The van der Waals surface area contributed by atoms with Crippen LogP contribution in [0.2, 0.25) is 0 Å². The highest BCUT2D eigenvalue weighted by atomic mass is 16.5. The molecule has 544 valence electrons. The zero-order valence-corrected chi connectivity index (χ0v) is 63.5. The zero-order valence-electron chi connectivity index (χ0n) is 63.5. The van der Waals surface area contributed by atoms with Crippen molar-refractivity contribution in [1.82, 2.24) is 39.9 Å². The highest BCUT2D eigenvalue weighted by Gasteiger charge is 2.29. The fourth-order valence-corrected chi connectivity index (χ4v) is 14.1. The van der Waals surface area contributed by atoms with Crippen molar-refractivity contribution in [3.63, 3.8) is 0 Å². The van der Waals surface area contributed by atoms with Crippen molar-refractivity contribution in [2.45, 2.75) is 237 Å². The quantitative estimate of drug-likeness (QED) is 0.0364. The second-order valence-electron chi connectivity index (χ2n) is 28.9. The number of fused-ring (bicyclic) bond motifs is 21. The van der Waals surface area contributed by atoms with Gasteiger partial charge in [-0.3, -0.25) is 0 Å². The number of unbranched alkanes of at least 4 members (excludes halogenated alkanes) is 6. The molecule has 10 rings (SSSR count). The van der Waals surface area contributed by atoms with Gasteiger partial charge in [-0.2, -0.15) is 10.5 Å². The number of nitrogens with zero attached hydrogens (tertiary/aromatic N) is 8. The molecular formula is C86H114N10O6. The van der Waals surface area contributed by atoms with Gasteiger partial charge in [-0.05, 0) is 145 Å². The van der Waals surface area contributed by atoms with E-state index in [4.69, 9.17) is 58.3 Å². The SMILES string of the molecule is CCCCC(CC)COc1cc2c(cc1OCC(CC)CCCC)-c1nc-2nc2[nH]c(nc3nc(nc4[nH]c(n1)c1cc5cc(C#N)c(C#N)cc5cc41)-c1cc(OCC(CC)CCCC)c(OCC(CC)CCCC)cc1-3)c1cc(OCC(CC)CCCC)c(OCC(CC)CCCC)cc21. The number of hydrogen-bond donors (Lipinski definition) is 2. The van der Waals surface area contributed by atoms with E-state index >= 15 is 0 Å². The van der Waals surface area contributed by atoms with E-state index in [0.717, 1.165) is 198 Å². The Morgan fingerprint density at radius 2 is 0.510 bits per heavy atom. The minimum absolute atomic E-state index is 0.281. The lowest BCUT2D eigenvalue weighted by Gasteiger charge is -2.21. The second-order valence-corrected chi connectivity index (χ2v) is 28.9. The van der Waals surface area contributed by atoms with Gasteiger partial charge in [0.15, 0.2) is 57.8 Å². The van der Waals surface area contributed by atoms with Gasteiger partial charge in [0, 0.05) is 43.8 Å². The molecule has 16 nitrogen and oxygen atoms in total. The number of nitriles is 2. The van der Waals surface area contributed by atoms with E-state index in [1.54, 1.807) is 12.1 Å². The smallest absolute Gasteiger partial charge is 0.164 e. The average molecular weight is 1380 g/mol. The van der Waals surface area contributed by atoms with E-state index in [9.17, 15) is 10.5 Å². The molecule has 0 spiro atoms. The summed E-state index contributed by atoms with van der Waals surface area (Å²) >= 11 is 0. The molecule has 8 bridgehead atoms. The van der Waals surface area contributed by atoms with Crippen molar-refractivity contribution in [2.75, 3.05) is 39.6 Å². The predicted octanol–water partition coefficient (Wildman–Crippen LogP) is 23.3. The lowest BCUT2D eigenvalue weighted by Crippen LogP contribution is -2.14. The van der Waals surface area contributed by atoms with Crippen LogP contribution in [0.25, 0.3) is 100 Å². The van der Waals surface area contributed by atoms with E-state index in [2.05, 4.69) is 129 Å². The first kappa shape index (κ1) is 76.1. The third kappa shape index (κ3) is 18.5. The standard InChI is InChI=1S/C86H114N10O6/c1-13-25-31-55(19-7)49-97-73-41-67-69(43-75(73)99-51-57(21-9)33-27-15-3)83-92-81(67)90-79-65-39-61-37-63(47-87)64(48-88)38-62(61)40-66(65)80(89-79)91-82-68-42-74(98-50-56(20-8)32-26-14-2)76(100-52-58(22-10)34-28-16-4)44-70(68)84(93-82)95-86-72-46-78(102-54-60(24-12)36-30-18-6)77(45-71(72)85(94-83)96-86)101-53-59(23-11)35-29-17-5/h37-46,55-60H,13-36,49-54H2,1-12H3,(H2,89,90,91,92,93,94,95,96). The van der Waals surface area contributed by atoms with Crippen LogP contribution in [0, 0.1) is 58.2 Å². The summed E-state index contributed by atoms with van der Waals surface area (Å²) in [7, 11) is 0. The van der Waals surface area contributed by atoms with Gasteiger partial charge in [0.1, 0.15) is 34.7 Å². The van der Waals surface area contributed by atoms with Crippen molar-refractivity contribution in [3.8, 4) is 92.2 Å². The zero-order chi connectivity index (χ0) is 72.1. The normalized spacial score (nSPS) is 13.6. The molecule has 102 heavy (non-hydrogen) atoms. The highest BCUT2D eigenvalue weighted by molar-refractivity contribution is 6.12. The summed E-state index contributed by atoms with van der Waals surface area (Å²) in [6, 6.07) is 24.5. The minimum Gasteiger partial charge on any atom is -0.489 e. The van der Waals surface area contributed by atoms with Crippen molar-refractivity contribution < 1.29 is 28.4 Å². The van der Waals surface area contributed by atoms with Crippen LogP contribution in [0.15, 0.2) is 60.7 Å². The Balaban J connectivity index is 1.32. The van der Waals surface area contributed by atoms with Crippen molar-refractivity contribution in [3.05, 3.63) is 71.8 Å². The molecule has 2 aliphatic rings. The Kier molecular flexibility index (Phi) is 28.1. The van der Waals surface area contributed by atoms with Crippen LogP contribution >= 0.6 is 0 Å². The Bertz CT molecular complexity index is 4100. The molecule has 5 aromatic carbocycles. The summed E-state index contributed by atoms with van der Waals surface area (Å²) in [6.07, 6.45) is 25.7. The highest BCUT2D eigenvalue weighted by Crippen LogP contribution is 2.47. The van der Waals surface area contributed by atoms with Crippen molar-refractivity contribution >= 4 is 54.9 Å². The molecule has 2 N–H and O–H groups in total. The fourth-order valence-electron chi connectivity index (χ4n) is 14.1. The molecule has 3 aromatic heterocycles. The van der Waals surface area contributed by atoms with Gasteiger partial charge in [0.2, 0.25) is 0 Å². The van der Waals surface area contributed by atoms with Gasteiger partial charge in [-0.15, -0.1) is 0 Å². The maximum absolute atomic E-state index is 10.4. The number of H-pyrrole nitrogens is 2. The van der Waals surface area contributed by atoms with Crippen molar-refractivity contribution in [2.24, 2.45) is 35.5 Å². The first-order valence-corrected chi connectivity index (χ1v) is 39.4. The Hall–Kier alpha value is -8.50. The first-order chi connectivity index (χ1) is 49.9. The van der Waals surface area contributed by atoms with Gasteiger partial charge in [-0.25, -0.2) is 29.9 Å². The molecule has 2 aliphatic heterocycles. The number of aromatic nitrogens is 8. The topological polar surface area (TPSA) is 212 Å². The third-order valence-corrected chi connectivity index (χ3v) is 21.5. The molecule has 0 amide bonds. The Morgan fingerprint density at radius 1 is 0.294 bits per heavy atom. The molecule has 5 heterocycles. The summed E-state index contributed by atoms with van der Waals surface area (Å²) in [6.45, 7) is 30.1. The molecular weight excluding hydrogens is 1270 g/mol. The largest absolute Gasteiger partial charge is 0.489 e. The monoisotopic (exact) mass is 1380 g/mol. The first-order valence-electron chi connectivity index (χ1n) is 39.4. The molecule has 6 atom stereocenters. The molecule has 0 aliphatic carbocycles.